The van der Waals surface area contributed by atoms with E-state index in [0.717, 1.165) is 6.29 Å². The first-order valence-corrected chi connectivity index (χ1v) is 3.20. The largest absolute Gasteiger partial charge is 0.504 e. The van der Waals surface area contributed by atoms with E-state index < -0.39 is 0 Å². The Morgan fingerprint density at radius 2 is 2.00 bits per heavy atom. The van der Waals surface area contributed by atoms with E-state index in [2.05, 4.69) is 11.3 Å². The maximum Gasteiger partial charge on any atom is 0.142 e. The highest BCUT2D eigenvalue weighted by molar-refractivity contribution is 5.64. The summed E-state index contributed by atoms with van der Waals surface area (Å²) in [6.45, 7) is 5.23. The Morgan fingerprint density at radius 3 is 2.09 bits per heavy atom. The van der Waals surface area contributed by atoms with Crippen LogP contribution in [0.2, 0.25) is 0 Å². The molecule has 0 N–H and O–H groups in total. The number of hydrogen-bond acceptors (Lipinski definition) is 2. The fraction of sp³-hybridized carbons (Fsp3) is 0.222. The van der Waals surface area contributed by atoms with Crippen LogP contribution in [0.5, 0.6) is 0 Å². The second-order valence-corrected chi connectivity index (χ2v) is 1.46. The molecule has 11 heavy (non-hydrogen) atoms. The molecule has 2 nitrogen and oxygen atoms in total. The molecule has 0 aliphatic heterocycles. The number of ether oxygens (including phenoxy) is 1. The van der Waals surface area contributed by atoms with Crippen LogP contribution in [0.1, 0.15) is 6.92 Å². The molecule has 0 amide bonds. The lowest BCUT2D eigenvalue weighted by Crippen LogP contribution is -1.58. The topological polar surface area (TPSA) is 26.3 Å². The minimum absolute atomic E-state index is 0.750. The average Bonchev–Trinajstić information content (AvgIpc) is 2.04. The van der Waals surface area contributed by atoms with E-state index in [1.165, 1.54) is 6.08 Å². The monoisotopic (exact) mass is 154 g/mol. The summed E-state index contributed by atoms with van der Waals surface area (Å²) in [6.07, 6.45) is 8.82. The van der Waals surface area contributed by atoms with Gasteiger partial charge in [-0.25, -0.2) is 0 Å². The van der Waals surface area contributed by atoms with Gasteiger partial charge in [0.2, 0.25) is 0 Å². The summed E-state index contributed by atoms with van der Waals surface area (Å²) >= 11 is 0. The molecular weight excluding hydrogens is 140 g/mol. The van der Waals surface area contributed by atoms with Crippen LogP contribution in [0.25, 0.3) is 0 Å². The van der Waals surface area contributed by atoms with E-state index in [1.807, 2.05) is 0 Å². The lowest BCUT2D eigenvalue weighted by Gasteiger charge is -1.77. The molecule has 0 aliphatic carbocycles. The Bertz CT molecular complexity index is 134. The number of allylic oxidation sites excluding steroid dienone is 4. The van der Waals surface area contributed by atoms with Gasteiger partial charge in [0.25, 0.3) is 0 Å². The van der Waals surface area contributed by atoms with Crippen LogP contribution in [0.3, 0.4) is 0 Å². The molecule has 0 aliphatic rings. The smallest absolute Gasteiger partial charge is 0.142 e. The van der Waals surface area contributed by atoms with Gasteiger partial charge in [0, 0.05) is 0 Å². The molecule has 0 aromatic heterocycles. The van der Waals surface area contributed by atoms with Gasteiger partial charge in [0.1, 0.15) is 6.29 Å². The van der Waals surface area contributed by atoms with E-state index >= 15 is 0 Å². The molecule has 0 fully saturated rings. The highest BCUT2D eigenvalue weighted by Gasteiger charge is 1.51. The standard InChI is InChI=1S/C5H8O.C4H6O/c1-3-4-5-6-2;1-2-3-4-5/h3-5H,1H2,2H3;2-4H,1H3/b5-4-;3-2+. The zero-order valence-electron chi connectivity index (χ0n) is 6.99. The first kappa shape index (κ1) is 12.4. The van der Waals surface area contributed by atoms with E-state index in [9.17, 15) is 4.79 Å². The predicted octanol–water partition coefficient (Wildman–Crippen LogP) is 2.09. The molecular formula is C9H14O2. The Balaban J connectivity index is 0. The molecule has 0 saturated heterocycles. The Labute approximate surface area is 67.9 Å². The minimum Gasteiger partial charge on any atom is -0.504 e. The third-order valence-electron chi connectivity index (χ3n) is 0.622. The molecule has 0 unspecified atom stereocenters. The Kier molecular flexibility index (Phi) is 17.9. The van der Waals surface area contributed by atoms with Crippen molar-refractivity contribution in [3.05, 3.63) is 37.1 Å². The first-order chi connectivity index (χ1) is 5.33. The van der Waals surface area contributed by atoms with Crippen LogP contribution in [0.4, 0.5) is 0 Å². The first-order valence-electron chi connectivity index (χ1n) is 3.20. The van der Waals surface area contributed by atoms with Crippen LogP contribution >= 0.6 is 0 Å². The summed E-state index contributed by atoms with van der Waals surface area (Å²) < 4.78 is 4.53. The zero-order chi connectivity index (χ0) is 8.95. The number of carbonyl (C=O) groups is 1. The fourth-order valence-corrected chi connectivity index (χ4v) is 0.213. The van der Waals surface area contributed by atoms with E-state index in [1.54, 1.807) is 38.5 Å². The molecule has 0 atom stereocenters. The van der Waals surface area contributed by atoms with Crippen LogP contribution in [-0.4, -0.2) is 13.4 Å². The molecule has 0 rings (SSSR count). The van der Waals surface area contributed by atoms with Gasteiger partial charge >= 0.3 is 0 Å². The van der Waals surface area contributed by atoms with Crippen molar-refractivity contribution in [3.8, 4) is 0 Å². The van der Waals surface area contributed by atoms with Crippen LogP contribution < -0.4 is 0 Å². The van der Waals surface area contributed by atoms with Crippen molar-refractivity contribution >= 4 is 6.29 Å². The molecule has 0 radical (unpaired) electrons. The van der Waals surface area contributed by atoms with Crippen molar-refractivity contribution in [2.24, 2.45) is 0 Å². The van der Waals surface area contributed by atoms with Crippen molar-refractivity contribution in [1.29, 1.82) is 0 Å². The molecule has 0 heterocycles. The van der Waals surface area contributed by atoms with Gasteiger partial charge in [-0.3, -0.25) is 4.79 Å². The summed E-state index contributed by atoms with van der Waals surface area (Å²) in [5, 5.41) is 0. The van der Waals surface area contributed by atoms with Gasteiger partial charge < -0.3 is 4.74 Å². The third kappa shape index (κ3) is 28.6. The van der Waals surface area contributed by atoms with Crippen LogP contribution in [-0.2, 0) is 9.53 Å². The predicted molar refractivity (Wildman–Crippen MR) is 47.2 cm³/mol. The van der Waals surface area contributed by atoms with E-state index in [0.29, 0.717) is 0 Å². The highest BCUT2D eigenvalue weighted by Crippen LogP contribution is 1.69. The van der Waals surface area contributed by atoms with Gasteiger partial charge in [-0.05, 0) is 19.1 Å². The van der Waals surface area contributed by atoms with Crippen molar-refractivity contribution in [2.45, 2.75) is 6.92 Å². The number of carbonyl (C=O) groups excluding carboxylic acids is 1. The minimum atomic E-state index is 0.750. The second kappa shape index (κ2) is 15.9. The number of rotatable bonds is 3. The maximum absolute atomic E-state index is 9.32. The maximum atomic E-state index is 9.32. The summed E-state index contributed by atoms with van der Waals surface area (Å²) in [5.74, 6) is 0. The molecule has 0 aromatic carbocycles. The van der Waals surface area contributed by atoms with Crippen LogP contribution in [0.15, 0.2) is 37.1 Å². The lowest BCUT2D eigenvalue weighted by molar-refractivity contribution is -0.104. The fourth-order valence-electron chi connectivity index (χ4n) is 0.213. The van der Waals surface area contributed by atoms with E-state index in [-0.39, 0.29) is 0 Å². The SMILES string of the molecule is C/C=C/C=O.C=C/C=C\OC. The normalized spacial score (nSPS) is 8.91. The molecule has 0 saturated carbocycles. The van der Waals surface area contributed by atoms with Gasteiger partial charge in [-0.15, -0.1) is 0 Å². The summed E-state index contributed by atoms with van der Waals surface area (Å²) in [4.78, 5) is 9.32. The Hall–Kier alpha value is -1.31. The third-order valence-corrected chi connectivity index (χ3v) is 0.622. The summed E-state index contributed by atoms with van der Waals surface area (Å²) in [7, 11) is 1.60. The Morgan fingerprint density at radius 1 is 1.36 bits per heavy atom. The van der Waals surface area contributed by atoms with Gasteiger partial charge in [0.15, 0.2) is 0 Å². The van der Waals surface area contributed by atoms with Crippen molar-refractivity contribution in [2.75, 3.05) is 7.11 Å². The van der Waals surface area contributed by atoms with Crippen LogP contribution in [0, 0.1) is 0 Å². The van der Waals surface area contributed by atoms with Gasteiger partial charge in [-0.1, -0.05) is 18.7 Å². The van der Waals surface area contributed by atoms with Crippen molar-refractivity contribution < 1.29 is 9.53 Å². The quantitative estimate of drug-likeness (QED) is 0.269. The number of hydrogen-bond donors (Lipinski definition) is 0. The lowest BCUT2D eigenvalue weighted by atomic mass is 10.6. The van der Waals surface area contributed by atoms with Crippen molar-refractivity contribution in [3.63, 3.8) is 0 Å². The van der Waals surface area contributed by atoms with E-state index in [4.69, 9.17) is 0 Å². The van der Waals surface area contributed by atoms with Crippen molar-refractivity contribution in [1.82, 2.24) is 0 Å². The summed E-state index contributed by atoms with van der Waals surface area (Å²) in [5.41, 5.74) is 0. The molecule has 2 heteroatoms. The molecule has 0 bridgehead atoms. The number of methoxy groups -OCH3 is 1. The molecule has 0 aromatic rings. The summed E-state index contributed by atoms with van der Waals surface area (Å²) in [6, 6.07) is 0. The second-order valence-electron chi connectivity index (χ2n) is 1.46. The van der Waals surface area contributed by atoms with Gasteiger partial charge in [-0.2, -0.15) is 0 Å². The zero-order valence-corrected chi connectivity index (χ0v) is 6.99. The number of aldehydes is 1. The highest BCUT2D eigenvalue weighted by atomic mass is 16.5. The molecule has 62 valence electrons. The average molecular weight is 154 g/mol. The molecule has 0 spiro atoms. The van der Waals surface area contributed by atoms with Gasteiger partial charge in [0.05, 0.1) is 13.4 Å².